The Hall–Kier alpha value is -3.26. The Morgan fingerprint density at radius 1 is 1.09 bits per heavy atom. The second-order valence-electron chi connectivity index (χ2n) is 8.45. The third kappa shape index (κ3) is 4.65. The van der Waals surface area contributed by atoms with Crippen molar-refractivity contribution in [2.45, 2.75) is 26.2 Å². The standard InChI is InChI=1S/C24H27FN4O3/c1-15-4-3-5-16(2)23(15)27-22(31)14-28-8-10-29(11-9-28)24(32)19-13-21(30)26-20-12-17(25)6-7-18(19)20/h3-7,12,19H,8-11,13-14H2,1-2H3,(H,26,30)(H,27,31). The first-order chi connectivity index (χ1) is 15.3. The SMILES string of the molecule is Cc1cccc(C)c1NC(=O)CN1CCN(C(=O)C2CC(=O)Nc3cc(F)ccc32)CC1. The van der Waals surface area contributed by atoms with Crippen molar-refractivity contribution in [3.05, 3.63) is 58.9 Å². The van der Waals surface area contributed by atoms with Crippen LogP contribution >= 0.6 is 0 Å². The van der Waals surface area contributed by atoms with Gasteiger partial charge in [-0.25, -0.2) is 4.39 Å². The molecule has 3 amide bonds. The number of halogens is 1. The van der Waals surface area contributed by atoms with Crippen LogP contribution in [0.5, 0.6) is 0 Å². The maximum Gasteiger partial charge on any atom is 0.238 e. The Balaban J connectivity index is 1.34. The Morgan fingerprint density at radius 2 is 1.78 bits per heavy atom. The van der Waals surface area contributed by atoms with Crippen LogP contribution in [0.15, 0.2) is 36.4 Å². The molecule has 0 spiro atoms. The molecule has 168 valence electrons. The van der Waals surface area contributed by atoms with Gasteiger partial charge in [0, 0.05) is 44.0 Å². The van der Waals surface area contributed by atoms with Gasteiger partial charge in [0.2, 0.25) is 17.7 Å². The first-order valence-electron chi connectivity index (χ1n) is 10.8. The highest BCUT2D eigenvalue weighted by Gasteiger charge is 2.35. The number of aryl methyl sites for hydroxylation is 2. The van der Waals surface area contributed by atoms with E-state index in [4.69, 9.17) is 0 Å². The zero-order valence-electron chi connectivity index (χ0n) is 18.3. The minimum Gasteiger partial charge on any atom is -0.340 e. The topological polar surface area (TPSA) is 81.8 Å². The molecule has 7 nitrogen and oxygen atoms in total. The number of amides is 3. The largest absolute Gasteiger partial charge is 0.340 e. The minimum atomic E-state index is -0.613. The predicted molar refractivity (Wildman–Crippen MR) is 120 cm³/mol. The monoisotopic (exact) mass is 438 g/mol. The van der Waals surface area contributed by atoms with Crippen LogP contribution < -0.4 is 10.6 Å². The molecule has 8 heteroatoms. The van der Waals surface area contributed by atoms with Gasteiger partial charge in [-0.3, -0.25) is 19.3 Å². The van der Waals surface area contributed by atoms with E-state index in [-0.39, 0.29) is 30.7 Å². The van der Waals surface area contributed by atoms with E-state index >= 15 is 0 Å². The number of piperazine rings is 1. The molecular formula is C24H27FN4O3. The average molecular weight is 439 g/mol. The highest BCUT2D eigenvalue weighted by Crippen LogP contribution is 2.34. The number of para-hydroxylation sites is 1. The fourth-order valence-electron chi connectivity index (χ4n) is 4.40. The second-order valence-corrected chi connectivity index (χ2v) is 8.45. The second kappa shape index (κ2) is 9.08. The van der Waals surface area contributed by atoms with Crippen molar-refractivity contribution < 1.29 is 18.8 Å². The minimum absolute atomic E-state index is 0.0515. The number of hydrogen-bond donors (Lipinski definition) is 2. The lowest BCUT2D eigenvalue weighted by Crippen LogP contribution is -2.52. The summed E-state index contributed by atoms with van der Waals surface area (Å²) < 4.78 is 13.5. The van der Waals surface area contributed by atoms with Crippen LogP contribution in [-0.4, -0.2) is 60.2 Å². The third-order valence-corrected chi connectivity index (χ3v) is 6.15. The molecule has 2 aromatic rings. The van der Waals surface area contributed by atoms with Crippen molar-refractivity contribution in [2.24, 2.45) is 0 Å². The molecule has 0 saturated carbocycles. The van der Waals surface area contributed by atoms with Crippen molar-refractivity contribution in [3.63, 3.8) is 0 Å². The smallest absolute Gasteiger partial charge is 0.238 e. The maximum absolute atomic E-state index is 13.5. The summed E-state index contributed by atoms with van der Waals surface area (Å²) in [6, 6.07) is 10.0. The Morgan fingerprint density at radius 3 is 2.47 bits per heavy atom. The van der Waals surface area contributed by atoms with Crippen molar-refractivity contribution in [2.75, 3.05) is 43.4 Å². The van der Waals surface area contributed by atoms with Gasteiger partial charge in [-0.1, -0.05) is 24.3 Å². The van der Waals surface area contributed by atoms with E-state index in [9.17, 15) is 18.8 Å². The van der Waals surface area contributed by atoms with Crippen molar-refractivity contribution in [1.29, 1.82) is 0 Å². The van der Waals surface area contributed by atoms with Crippen LogP contribution in [0.4, 0.5) is 15.8 Å². The molecule has 2 aromatic carbocycles. The molecule has 1 unspecified atom stereocenters. The number of anilines is 2. The van der Waals surface area contributed by atoms with Crippen LogP contribution in [-0.2, 0) is 14.4 Å². The summed E-state index contributed by atoms with van der Waals surface area (Å²) in [5.41, 5.74) is 3.89. The number of nitrogens with zero attached hydrogens (tertiary/aromatic N) is 2. The number of carbonyl (C=O) groups is 3. The van der Waals surface area contributed by atoms with Crippen LogP contribution in [0, 0.1) is 19.7 Å². The van der Waals surface area contributed by atoms with E-state index < -0.39 is 11.7 Å². The quantitative estimate of drug-likeness (QED) is 0.769. The van der Waals surface area contributed by atoms with Gasteiger partial charge in [-0.2, -0.15) is 0 Å². The lowest BCUT2D eigenvalue weighted by Gasteiger charge is -2.37. The lowest BCUT2D eigenvalue weighted by molar-refractivity contribution is -0.136. The van der Waals surface area contributed by atoms with E-state index in [0.29, 0.717) is 37.4 Å². The van der Waals surface area contributed by atoms with Gasteiger partial charge in [-0.05, 0) is 42.7 Å². The average Bonchev–Trinajstić information content (AvgIpc) is 2.75. The molecule has 1 fully saturated rings. The van der Waals surface area contributed by atoms with Crippen LogP contribution in [0.2, 0.25) is 0 Å². The van der Waals surface area contributed by atoms with Gasteiger partial charge in [0.1, 0.15) is 5.82 Å². The number of benzene rings is 2. The summed E-state index contributed by atoms with van der Waals surface area (Å²) in [5, 5.41) is 5.64. The van der Waals surface area contributed by atoms with E-state index in [0.717, 1.165) is 16.8 Å². The zero-order valence-corrected chi connectivity index (χ0v) is 18.3. The van der Waals surface area contributed by atoms with Gasteiger partial charge >= 0.3 is 0 Å². The number of nitrogens with one attached hydrogen (secondary N) is 2. The molecule has 0 aromatic heterocycles. The molecule has 4 rings (SSSR count). The van der Waals surface area contributed by atoms with Gasteiger partial charge in [0.05, 0.1) is 12.5 Å². The molecule has 2 N–H and O–H groups in total. The molecule has 0 radical (unpaired) electrons. The fraction of sp³-hybridized carbons (Fsp3) is 0.375. The summed E-state index contributed by atoms with van der Waals surface area (Å²) in [7, 11) is 0. The number of carbonyl (C=O) groups excluding carboxylic acids is 3. The summed E-state index contributed by atoms with van der Waals surface area (Å²) in [5.74, 6) is -1.57. The molecule has 32 heavy (non-hydrogen) atoms. The first kappa shape index (κ1) is 22.0. The number of hydrogen-bond acceptors (Lipinski definition) is 4. The van der Waals surface area contributed by atoms with E-state index in [2.05, 4.69) is 10.6 Å². The highest BCUT2D eigenvalue weighted by molar-refractivity contribution is 6.01. The number of fused-ring (bicyclic) bond motifs is 1. The maximum atomic E-state index is 13.5. The van der Waals surface area contributed by atoms with E-state index in [1.165, 1.54) is 12.1 Å². The van der Waals surface area contributed by atoms with E-state index in [1.54, 1.807) is 11.0 Å². The van der Waals surface area contributed by atoms with Gasteiger partial charge in [0.25, 0.3) is 0 Å². The summed E-state index contributed by atoms with van der Waals surface area (Å²) in [6.45, 7) is 6.27. The summed E-state index contributed by atoms with van der Waals surface area (Å²) in [6.07, 6.45) is 0.0515. The fourth-order valence-corrected chi connectivity index (χ4v) is 4.40. The van der Waals surface area contributed by atoms with Crippen LogP contribution in [0.1, 0.15) is 29.0 Å². The first-order valence-corrected chi connectivity index (χ1v) is 10.8. The molecule has 2 heterocycles. The summed E-state index contributed by atoms with van der Waals surface area (Å²) in [4.78, 5) is 41.5. The highest BCUT2D eigenvalue weighted by atomic mass is 19.1. The van der Waals surface area contributed by atoms with Crippen LogP contribution in [0.3, 0.4) is 0 Å². The van der Waals surface area contributed by atoms with Gasteiger partial charge in [-0.15, -0.1) is 0 Å². The molecule has 0 aliphatic carbocycles. The molecule has 1 atom stereocenters. The Bertz CT molecular complexity index is 1040. The van der Waals surface area contributed by atoms with Crippen molar-refractivity contribution >= 4 is 29.1 Å². The van der Waals surface area contributed by atoms with Crippen molar-refractivity contribution in [3.8, 4) is 0 Å². The molecule has 2 aliphatic heterocycles. The van der Waals surface area contributed by atoms with Crippen molar-refractivity contribution in [1.82, 2.24) is 9.80 Å². The zero-order chi connectivity index (χ0) is 22.8. The van der Waals surface area contributed by atoms with Crippen LogP contribution in [0.25, 0.3) is 0 Å². The summed E-state index contributed by atoms with van der Waals surface area (Å²) >= 11 is 0. The lowest BCUT2D eigenvalue weighted by atomic mass is 9.89. The molecule has 1 saturated heterocycles. The third-order valence-electron chi connectivity index (χ3n) is 6.15. The molecular weight excluding hydrogens is 411 g/mol. The molecule has 0 bridgehead atoms. The Kier molecular flexibility index (Phi) is 6.23. The van der Waals surface area contributed by atoms with Gasteiger partial charge < -0.3 is 15.5 Å². The molecule has 2 aliphatic rings. The van der Waals surface area contributed by atoms with E-state index in [1.807, 2.05) is 36.9 Å². The number of rotatable bonds is 4. The normalized spacial score (nSPS) is 18.7. The van der Waals surface area contributed by atoms with Gasteiger partial charge in [0.15, 0.2) is 0 Å². The Labute approximate surface area is 186 Å². The predicted octanol–water partition coefficient (Wildman–Crippen LogP) is 2.65.